The number of methoxy groups -OCH3 is 3. The molecule has 1 atom stereocenters. The Morgan fingerprint density at radius 1 is 1.12 bits per heavy atom. The molecule has 0 saturated carbocycles. The van der Waals surface area contributed by atoms with Gasteiger partial charge in [0, 0.05) is 6.54 Å². The molecule has 2 aliphatic rings. The molecule has 0 aliphatic carbocycles. The third kappa shape index (κ3) is 2.91. The first kappa shape index (κ1) is 17.9. The Morgan fingerprint density at radius 3 is 2.31 bits per heavy atom. The molecule has 0 radical (unpaired) electrons. The second kappa shape index (κ2) is 7.15. The number of urea groups is 1. The summed E-state index contributed by atoms with van der Waals surface area (Å²) < 4.78 is 16.1. The minimum atomic E-state index is -0.582. The van der Waals surface area contributed by atoms with E-state index in [-0.39, 0.29) is 11.9 Å². The predicted octanol–water partition coefficient (Wildman–Crippen LogP) is 1.57. The molecular weight excluding hydrogens is 338 g/mol. The Hall–Kier alpha value is -2.90. The maximum atomic E-state index is 12.8. The van der Waals surface area contributed by atoms with Crippen molar-refractivity contribution in [2.24, 2.45) is 0 Å². The van der Waals surface area contributed by atoms with Gasteiger partial charge in [-0.25, -0.2) is 4.79 Å². The van der Waals surface area contributed by atoms with E-state index < -0.39 is 6.04 Å². The molecule has 2 heterocycles. The highest BCUT2D eigenvalue weighted by Crippen LogP contribution is 2.42. The molecular formula is C18H23N3O5. The minimum Gasteiger partial charge on any atom is -0.493 e. The maximum Gasteiger partial charge on any atom is 0.319 e. The molecule has 3 amide bonds. The highest BCUT2D eigenvalue weighted by molar-refractivity contribution is 6.01. The van der Waals surface area contributed by atoms with Gasteiger partial charge in [-0.2, -0.15) is 0 Å². The highest BCUT2D eigenvalue weighted by atomic mass is 16.5. The molecule has 2 aliphatic heterocycles. The van der Waals surface area contributed by atoms with Gasteiger partial charge in [-0.3, -0.25) is 4.79 Å². The number of ether oxygens (including phenoxy) is 3. The first-order valence-corrected chi connectivity index (χ1v) is 8.43. The lowest BCUT2D eigenvalue weighted by Gasteiger charge is -2.26. The Kier molecular flexibility index (Phi) is 4.92. The van der Waals surface area contributed by atoms with E-state index in [1.54, 1.807) is 17.0 Å². The molecule has 0 saturated heterocycles. The van der Waals surface area contributed by atoms with Gasteiger partial charge >= 0.3 is 6.03 Å². The number of benzene rings is 1. The van der Waals surface area contributed by atoms with E-state index in [2.05, 4.69) is 10.6 Å². The summed E-state index contributed by atoms with van der Waals surface area (Å²) in [7, 11) is 4.57. The molecule has 1 aromatic rings. The second-order valence-corrected chi connectivity index (χ2v) is 6.11. The number of carbonyl (C=O) groups is 2. The molecule has 8 heteroatoms. The van der Waals surface area contributed by atoms with Crippen LogP contribution in [0.4, 0.5) is 4.79 Å². The number of carbonyl (C=O) groups excluding carboxylic acids is 2. The van der Waals surface area contributed by atoms with Crippen molar-refractivity contribution in [3.05, 3.63) is 29.0 Å². The van der Waals surface area contributed by atoms with Crippen LogP contribution in [0, 0.1) is 0 Å². The Morgan fingerprint density at radius 2 is 1.77 bits per heavy atom. The van der Waals surface area contributed by atoms with Crippen molar-refractivity contribution in [3.8, 4) is 17.2 Å². The van der Waals surface area contributed by atoms with Gasteiger partial charge in [0.1, 0.15) is 0 Å². The number of nitrogens with one attached hydrogen (secondary N) is 2. The summed E-state index contributed by atoms with van der Waals surface area (Å²) in [6.07, 6.45) is 0.850. The van der Waals surface area contributed by atoms with Crippen LogP contribution in [0.15, 0.2) is 23.4 Å². The van der Waals surface area contributed by atoms with Gasteiger partial charge in [-0.1, -0.05) is 6.92 Å². The Bertz CT molecular complexity index is 749. The largest absolute Gasteiger partial charge is 0.493 e. The summed E-state index contributed by atoms with van der Waals surface area (Å²) in [5.74, 6) is 1.31. The summed E-state index contributed by atoms with van der Waals surface area (Å²) >= 11 is 0. The molecule has 3 rings (SSSR count). The topological polar surface area (TPSA) is 89.1 Å². The zero-order valence-corrected chi connectivity index (χ0v) is 15.3. The fourth-order valence-electron chi connectivity index (χ4n) is 3.40. The molecule has 2 N–H and O–H groups in total. The number of amides is 3. The third-order valence-corrected chi connectivity index (χ3v) is 4.53. The quantitative estimate of drug-likeness (QED) is 0.803. The molecule has 1 unspecified atom stereocenters. The van der Waals surface area contributed by atoms with Crippen LogP contribution < -0.4 is 24.8 Å². The van der Waals surface area contributed by atoms with Gasteiger partial charge in [0.2, 0.25) is 5.75 Å². The van der Waals surface area contributed by atoms with Crippen molar-refractivity contribution in [2.75, 3.05) is 34.4 Å². The van der Waals surface area contributed by atoms with Crippen molar-refractivity contribution >= 4 is 11.9 Å². The van der Waals surface area contributed by atoms with Crippen molar-refractivity contribution in [1.29, 1.82) is 0 Å². The lowest BCUT2D eigenvalue weighted by atomic mass is 9.95. The van der Waals surface area contributed by atoms with Crippen LogP contribution in [-0.2, 0) is 4.79 Å². The standard InChI is InChI=1S/C18H23N3O5/c1-5-6-21-9-11-14(17(21)22)15(20-18(23)19-11)10-7-12(24-2)16(26-4)13(8-10)25-3/h7-8,15H,5-6,9H2,1-4H3,(H2,19,20,23). The first-order chi connectivity index (χ1) is 12.5. The van der Waals surface area contributed by atoms with Crippen LogP contribution in [0.3, 0.4) is 0 Å². The predicted molar refractivity (Wildman–Crippen MR) is 94.4 cm³/mol. The van der Waals surface area contributed by atoms with Gasteiger partial charge in [-0.05, 0) is 24.1 Å². The van der Waals surface area contributed by atoms with E-state index in [9.17, 15) is 9.59 Å². The Balaban J connectivity index is 2.06. The highest BCUT2D eigenvalue weighted by Gasteiger charge is 2.40. The van der Waals surface area contributed by atoms with Crippen LogP contribution in [0.2, 0.25) is 0 Å². The summed E-state index contributed by atoms with van der Waals surface area (Å²) in [5, 5.41) is 5.59. The van der Waals surface area contributed by atoms with Crippen molar-refractivity contribution in [2.45, 2.75) is 19.4 Å². The second-order valence-electron chi connectivity index (χ2n) is 6.11. The van der Waals surface area contributed by atoms with Crippen LogP contribution >= 0.6 is 0 Å². The zero-order chi connectivity index (χ0) is 18.8. The lowest BCUT2D eigenvalue weighted by Crippen LogP contribution is -2.44. The number of hydrogen-bond acceptors (Lipinski definition) is 5. The zero-order valence-electron chi connectivity index (χ0n) is 15.3. The van der Waals surface area contributed by atoms with E-state index in [1.807, 2.05) is 6.92 Å². The van der Waals surface area contributed by atoms with E-state index in [0.29, 0.717) is 47.2 Å². The summed E-state index contributed by atoms with van der Waals surface area (Å²) in [4.78, 5) is 26.7. The molecule has 1 aromatic carbocycles. The number of rotatable bonds is 6. The van der Waals surface area contributed by atoms with E-state index in [4.69, 9.17) is 14.2 Å². The van der Waals surface area contributed by atoms with E-state index in [1.165, 1.54) is 21.3 Å². The molecule has 0 fully saturated rings. The van der Waals surface area contributed by atoms with Gasteiger partial charge < -0.3 is 29.7 Å². The SMILES string of the molecule is CCCN1CC2=C(C1=O)C(c1cc(OC)c(OC)c(OC)c1)NC(=O)N2. The van der Waals surface area contributed by atoms with Crippen molar-refractivity contribution < 1.29 is 23.8 Å². The van der Waals surface area contributed by atoms with Gasteiger partial charge in [0.15, 0.2) is 11.5 Å². The van der Waals surface area contributed by atoms with E-state index in [0.717, 1.165) is 6.42 Å². The van der Waals surface area contributed by atoms with E-state index >= 15 is 0 Å². The van der Waals surface area contributed by atoms with Crippen LogP contribution in [0.5, 0.6) is 17.2 Å². The van der Waals surface area contributed by atoms with Crippen molar-refractivity contribution in [3.63, 3.8) is 0 Å². The van der Waals surface area contributed by atoms with Crippen LogP contribution in [0.25, 0.3) is 0 Å². The summed E-state index contributed by atoms with van der Waals surface area (Å²) in [5.41, 5.74) is 1.88. The van der Waals surface area contributed by atoms with Gasteiger partial charge in [-0.15, -0.1) is 0 Å². The molecule has 0 aromatic heterocycles. The monoisotopic (exact) mass is 361 g/mol. The average molecular weight is 361 g/mol. The van der Waals surface area contributed by atoms with Gasteiger partial charge in [0.25, 0.3) is 5.91 Å². The fourth-order valence-corrected chi connectivity index (χ4v) is 3.40. The minimum absolute atomic E-state index is 0.0758. The maximum absolute atomic E-state index is 12.8. The molecule has 140 valence electrons. The molecule has 0 bridgehead atoms. The van der Waals surface area contributed by atoms with Crippen LogP contribution in [-0.4, -0.2) is 51.3 Å². The number of hydrogen-bond donors (Lipinski definition) is 2. The average Bonchev–Trinajstić information content (AvgIpc) is 2.95. The summed E-state index contributed by atoms with van der Waals surface area (Å²) in [6, 6.07) is 2.58. The number of nitrogens with zero attached hydrogens (tertiary/aromatic N) is 1. The van der Waals surface area contributed by atoms with Gasteiger partial charge in [0.05, 0.1) is 45.2 Å². The van der Waals surface area contributed by atoms with Crippen LogP contribution in [0.1, 0.15) is 24.9 Å². The third-order valence-electron chi connectivity index (χ3n) is 4.53. The summed E-state index contributed by atoms with van der Waals surface area (Å²) in [6.45, 7) is 3.07. The molecule has 26 heavy (non-hydrogen) atoms. The smallest absolute Gasteiger partial charge is 0.319 e. The fraction of sp³-hybridized carbons (Fsp3) is 0.444. The van der Waals surface area contributed by atoms with Crippen molar-refractivity contribution in [1.82, 2.24) is 15.5 Å². The lowest BCUT2D eigenvalue weighted by molar-refractivity contribution is -0.125. The normalized spacial score (nSPS) is 19.1. The molecule has 8 nitrogen and oxygen atoms in total. The Labute approximate surface area is 152 Å². The first-order valence-electron chi connectivity index (χ1n) is 8.43. The molecule has 0 spiro atoms.